The van der Waals surface area contributed by atoms with Crippen molar-refractivity contribution in [3.63, 3.8) is 0 Å². The van der Waals surface area contributed by atoms with E-state index in [0.29, 0.717) is 24.2 Å². The SMILES string of the molecule is C=CC(=O)Oc1ccc(CCc2ccc(OC(=O)c3ccc(OC(=O)C(=C)C)cc3)cc2C#N)cc1. The molecule has 0 N–H and O–H groups in total. The number of esters is 3. The monoisotopic (exact) mass is 481 g/mol. The molecule has 0 atom stereocenters. The molecule has 0 saturated heterocycles. The summed E-state index contributed by atoms with van der Waals surface area (Å²) in [7, 11) is 0. The highest BCUT2D eigenvalue weighted by Gasteiger charge is 2.12. The lowest BCUT2D eigenvalue weighted by molar-refractivity contribution is -0.130. The smallest absolute Gasteiger partial charge is 0.343 e. The van der Waals surface area contributed by atoms with Crippen LogP contribution >= 0.6 is 0 Å². The third-order valence-electron chi connectivity index (χ3n) is 5.05. The Morgan fingerprint density at radius 1 is 0.861 bits per heavy atom. The predicted molar refractivity (Wildman–Crippen MR) is 133 cm³/mol. The van der Waals surface area contributed by atoms with E-state index in [2.05, 4.69) is 19.2 Å². The minimum Gasteiger partial charge on any atom is -0.423 e. The lowest BCUT2D eigenvalue weighted by Gasteiger charge is -2.09. The van der Waals surface area contributed by atoms with Crippen molar-refractivity contribution >= 4 is 17.9 Å². The minimum atomic E-state index is -0.610. The third-order valence-corrected chi connectivity index (χ3v) is 5.05. The molecule has 0 bridgehead atoms. The van der Waals surface area contributed by atoms with Gasteiger partial charge >= 0.3 is 17.9 Å². The molecule has 7 nitrogen and oxygen atoms in total. The molecule has 0 amide bonds. The molecule has 0 fully saturated rings. The van der Waals surface area contributed by atoms with E-state index in [1.54, 1.807) is 24.3 Å². The number of carbonyl (C=O) groups excluding carboxylic acids is 3. The van der Waals surface area contributed by atoms with Gasteiger partial charge in [-0.3, -0.25) is 0 Å². The Labute approximate surface area is 208 Å². The molecule has 0 aliphatic heterocycles. The van der Waals surface area contributed by atoms with E-state index in [1.165, 1.54) is 37.3 Å². The zero-order chi connectivity index (χ0) is 26.1. The van der Waals surface area contributed by atoms with Crippen LogP contribution in [-0.4, -0.2) is 17.9 Å². The van der Waals surface area contributed by atoms with Crippen LogP contribution in [0.25, 0.3) is 0 Å². The summed E-state index contributed by atoms with van der Waals surface area (Å²) in [5.41, 5.74) is 2.74. The van der Waals surface area contributed by atoms with Crippen molar-refractivity contribution in [1.82, 2.24) is 0 Å². The molecule has 0 aliphatic carbocycles. The Hall–Kier alpha value is -4.96. The lowest BCUT2D eigenvalue weighted by atomic mass is 10.00. The maximum atomic E-state index is 12.5. The predicted octanol–water partition coefficient (Wildman–Crippen LogP) is 5.14. The summed E-state index contributed by atoms with van der Waals surface area (Å²) in [6, 6.07) is 20.1. The fourth-order valence-corrected chi connectivity index (χ4v) is 3.12. The van der Waals surface area contributed by atoms with Gasteiger partial charge in [-0.15, -0.1) is 0 Å². The molecule has 0 saturated carbocycles. The van der Waals surface area contributed by atoms with Crippen molar-refractivity contribution in [2.24, 2.45) is 0 Å². The quantitative estimate of drug-likeness (QED) is 0.237. The molecule has 0 unspecified atom stereocenters. The van der Waals surface area contributed by atoms with E-state index in [1.807, 2.05) is 12.1 Å². The number of hydrogen-bond donors (Lipinski definition) is 0. The Morgan fingerprint density at radius 2 is 1.47 bits per heavy atom. The van der Waals surface area contributed by atoms with Gasteiger partial charge in [0, 0.05) is 11.6 Å². The highest BCUT2D eigenvalue weighted by molar-refractivity contribution is 5.92. The van der Waals surface area contributed by atoms with Gasteiger partial charge in [-0.25, -0.2) is 14.4 Å². The normalized spacial score (nSPS) is 10.0. The van der Waals surface area contributed by atoms with Crippen LogP contribution in [0.15, 0.2) is 91.5 Å². The zero-order valence-electron chi connectivity index (χ0n) is 19.7. The van der Waals surface area contributed by atoms with Crippen molar-refractivity contribution in [2.75, 3.05) is 0 Å². The second kappa shape index (κ2) is 12.0. The Morgan fingerprint density at radius 3 is 2.08 bits per heavy atom. The molecule has 0 aromatic heterocycles. The van der Waals surface area contributed by atoms with Gasteiger partial charge in [0.05, 0.1) is 17.2 Å². The molecular weight excluding hydrogens is 458 g/mol. The van der Waals surface area contributed by atoms with Crippen LogP contribution in [0.2, 0.25) is 0 Å². The Balaban J connectivity index is 1.61. The molecule has 7 heteroatoms. The topological polar surface area (TPSA) is 103 Å². The molecule has 180 valence electrons. The number of carbonyl (C=O) groups is 3. The van der Waals surface area contributed by atoms with Gasteiger partial charge in [-0.05, 0) is 79.4 Å². The number of aryl methyl sites for hydroxylation is 2. The second-order valence-corrected chi connectivity index (χ2v) is 7.78. The molecule has 0 radical (unpaired) electrons. The van der Waals surface area contributed by atoms with E-state index in [9.17, 15) is 19.6 Å². The standard InChI is InChI=1S/C29H23NO6/c1-4-27(31)34-24-12-6-20(7-13-24)5-8-21-9-16-26(17-23(21)18-30)36-29(33)22-10-14-25(15-11-22)35-28(32)19(2)3/h4,6-7,9-17H,1-2,5,8H2,3H3. The van der Waals surface area contributed by atoms with Gasteiger partial charge in [-0.2, -0.15) is 5.26 Å². The van der Waals surface area contributed by atoms with Crippen LogP contribution in [0.4, 0.5) is 0 Å². The van der Waals surface area contributed by atoms with Crippen molar-refractivity contribution in [3.8, 4) is 23.3 Å². The summed E-state index contributed by atoms with van der Waals surface area (Å²) in [5.74, 6) is -0.741. The molecule has 0 aliphatic rings. The maximum Gasteiger partial charge on any atom is 0.343 e. The largest absolute Gasteiger partial charge is 0.423 e. The average molecular weight is 482 g/mol. The Bertz CT molecular complexity index is 1350. The number of hydrogen-bond acceptors (Lipinski definition) is 7. The highest BCUT2D eigenvalue weighted by Crippen LogP contribution is 2.22. The minimum absolute atomic E-state index is 0.242. The zero-order valence-corrected chi connectivity index (χ0v) is 19.7. The average Bonchev–Trinajstić information content (AvgIpc) is 2.88. The van der Waals surface area contributed by atoms with E-state index in [-0.39, 0.29) is 22.6 Å². The van der Waals surface area contributed by atoms with Crippen LogP contribution in [0, 0.1) is 11.3 Å². The van der Waals surface area contributed by atoms with Crippen LogP contribution in [-0.2, 0) is 22.4 Å². The van der Waals surface area contributed by atoms with Gasteiger partial charge < -0.3 is 14.2 Å². The Kier molecular flexibility index (Phi) is 8.52. The highest BCUT2D eigenvalue weighted by atomic mass is 16.5. The molecule has 36 heavy (non-hydrogen) atoms. The number of ether oxygens (including phenoxy) is 3. The van der Waals surface area contributed by atoms with Crippen LogP contribution < -0.4 is 14.2 Å². The molecule has 3 rings (SSSR count). The molecular formula is C29H23NO6. The molecule has 3 aromatic rings. The summed E-state index contributed by atoms with van der Waals surface area (Å²) in [4.78, 5) is 35.4. The fourth-order valence-electron chi connectivity index (χ4n) is 3.12. The first-order chi connectivity index (χ1) is 17.3. The van der Waals surface area contributed by atoms with Gasteiger partial charge in [0.2, 0.25) is 0 Å². The third kappa shape index (κ3) is 7.02. The van der Waals surface area contributed by atoms with E-state index in [0.717, 1.165) is 17.2 Å². The summed E-state index contributed by atoms with van der Waals surface area (Å²) in [5, 5.41) is 9.58. The van der Waals surface area contributed by atoms with Gasteiger partial charge in [0.15, 0.2) is 0 Å². The summed E-state index contributed by atoms with van der Waals surface area (Å²) in [6.07, 6.45) is 2.34. The van der Waals surface area contributed by atoms with Crippen LogP contribution in [0.1, 0.15) is 34.0 Å². The lowest BCUT2D eigenvalue weighted by Crippen LogP contribution is -2.10. The summed E-state index contributed by atoms with van der Waals surface area (Å²) >= 11 is 0. The first-order valence-electron chi connectivity index (χ1n) is 10.9. The van der Waals surface area contributed by atoms with Crippen molar-refractivity contribution in [2.45, 2.75) is 19.8 Å². The maximum absolute atomic E-state index is 12.5. The van der Waals surface area contributed by atoms with Crippen LogP contribution in [0.5, 0.6) is 17.2 Å². The molecule has 0 spiro atoms. The van der Waals surface area contributed by atoms with Crippen molar-refractivity contribution in [3.05, 3.63) is 114 Å². The van der Waals surface area contributed by atoms with Crippen LogP contribution in [0.3, 0.4) is 0 Å². The number of benzene rings is 3. The number of nitriles is 1. The fraction of sp³-hybridized carbons (Fsp3) is 0.103. The van der Waals surface area contributed by atoms with Crippen molar-refractivity contribution in [1.29, 1.82) is 5.26 Å². The summed E-state index contributed by atoms with van der Waals surface area (Å²) < 4.78 is 15.6. The van der Waals surface area contributed by atoms with E-state index in [4.69, 9.17) is 14.2 Å². The number of nitrogens with zero attached hydrogens (tertiary/aromatic N) is 1. The van der Waals surface area contributed by atoms with E-state index < -0.39 is 17.9 Å². The number of rotatable bonds is 9. The summed E-state index contributed by atoms with van der Waals surface area (Å²) in [6.45, 7) is 8.42. The van der Waals surface area contributed by atoms with Crippen molar-refractivity contribution < 1.29 is 28.6 Å². The first-order valence-corrected chi connectivity index (χ1v) is 10.9. The first kappa shape index (κ1) is 25.7. The molecule has 0 heterocycles. The van der Waals surface area contributed by atoms with E-state index >= 15 is 0 Å². The molecule has 3 aromatic carbocycles. The van der Waals surface area contributed by atoms with Gasteiger partial charge in [0.1, 0.15) is 17.2 Å². The van der Waals surface area contributed by atoms with Gasteiger partial charge in [0.25, 0.3) is 0 Å². The second-order valence-electron chi connectivity index (χ2n) is 7.78. The van der Waals surface area contributed by atoms with Gasteiger partial charge in [-0.1, -0.05) is 31.4 Å².